The van der Waals surface area contributed by atoms with Crippen molar-refractivity contribution < 1.29 is 9.32 Å². The smallest absolute Gasteiger partial charge is 0.272 e. The number of rotatable bonds is 6. The molecule has 25 heavy (non-hydrogen) atoms. The van der Waals surface area contributed by atoms with E-state index < -0.39 is 0 Å². The second-order valence-corrected chi connectivity index (χ2v) is 6.25. The molecule has 1 N–H and O–H groups in total. The highest BCUT2D eigenvalue weighted by Gasteiger charge is 2.18. The van der Waals surface area contributed by atoms with Crippen LogP contribution >= 0.6 is 0 Å². The molecule has 0 fully saturated rings. The monoisotopic (exact) mass is 340 g/mol. The maximum Gasteiger partial charge on any atom is 0.272 e. The van der Waals surface area contributed by atoms with E-state index in [2.05, 4.69) is 39.2 Å². The van der Waals surface area contributed by atoms with Crippen molar-refractivity contribution in [2.45, 2.75) is 26.8 Å². The zero-order valence-electron chi connectivity index (χ0n) is 14.4. The Kier molecular flexibility index (Phi) is 4.87. The third-order valence-corrected chi connectivity index (χ3v) is 3.55. The molecule has 130 valence electrons. The first-order valence-electron chi connectivity index (χ1n) is 8.06. The Morgan fingerprint density at radius 1 is 1.32 bits per heavy atom. The summed E-state index contributed by atoms with van der Waals surface area (Å²) in [6.07, 6.45) is 2.40. The van der Waals surface area contributed by atoms with Crippen molar-refractivity contribution in [1.29, 1.82) is 0 Å². The zero-order chi connectivity index (χ0) is 17.8. The average molecular weight is 340 g/mol. The second-order valence-electron chi connectivity index (χ2n) is 6.25. The molecule has 0 radical (unpaired) electrons. The minimum absolute atomic E-state index is 0.204. The Hall–Kier alpha value is -3.03. The molecule has 0 aliphatic rings. The number of pyridine rings is 1. The fraction of sp³-hybridized carbons (Fsp3) is 0.353. The van der Waals surface area contributed by atoms with Gasteiger partial charge in [-0.2, -0.15) is 10.1 Å². The van der Waals surface area contributed by atoms with E-state index in [1.54, 1.807) is 19.3 Å². The van der Waals surface area contributed by atoms with Gasteiger partial charge in [-0.05, 0) is 24.1 Å². The SMILES string of the molecule is CC(C)Cc1nc(CN(C)C(=O)c2cc(-c3ccccn3)n[nH]2)no1. The number of carbonyl (C=O) groups is 1. The van der Waals surface area contributed by atoms with E-state index >= 15 is 0 Å². The number of aromatic amines is 1. The lowest BCUT2D eigenvalue weighted by Gasteiger charge is -2.13. The van der Waals surface area contributed by atoms with Gasteiger partial charge >= 0.3 is 0 Å². The van der Waals surface area contributed by atoms with Gasteiger partial charge in [0.15, 0.2) is 5.82 Å². The summed E-state index contributed by atoms with van der Waals surface area (Å²) in [5.41, 5.74) is 1.71. The van der Waals surface area contributed by atoms with Gasteiger partial charge in [-0.15, -0.1) is 0 Å². The number of amides is 1. The van der Waals surface area contributed by atoms with Gasteiger partial charge in [-0.1, -0.05) is 25.1 Å². The van der Waals surface area contributed by atoms with Gasteiger partial charge in [-0.25, -0.2) is 0 Å². The van der Waals surface area contributed by atoms with Crippen LogP contribution in [-0.2, 0) is 13.0 Å². The summed E-state index contributed by atoms with van der Waals surface area (Å²) in [6.45, 7) is 4.42. The molecule has 3 aromatic rings. The first-order valence-corrected chi connectivity index (χ1v) is 8.06. The summed E-state index contributed by atoms with van der Waals surface area (Å²) in [7, 11) is 1.68. The molecule has 0 bridgehead atoms. The van der Waals surface area contributed by atoms with E-state index in [9.17, 15) is 4.79 Å². The number of H-pyrrole nitrogens is 1. The van der Waals surface area contributed by atoms with Gasteiger partial charge in [0.1, 0.15) is 11.4 Å². The van der Waals surface area contributed by atoms with Crippen molar-refractivity contribution in [1.82, 2.24) is 30.2 Å². The van der Waals surface area contributed by atoms with E-state index in [0.29, 0.717) is 34.7 Å². The quantitative estimate of drug-likeness (QED) is 0.739. The predicted octanol–water partition coefficient (Wildman–Crippen LogP) is 2.33. The molecule has 0 atom stereocenters. The summed E-state index contributed by atoms with van der Waals surface area (Å²) >= 11 is 0. The first-order chi connectivity index (χ1) is 12.0. The molecule has 0 spiro atoms. The fourth-order valence-corrected chi connectivity index (χ4v) is 2.35. The molecule has 0 aromatic carbocycles. The van der Waals surface area contributed by atoms with Crippen LogP contribution in [0.2, 0.25) is 0 Å². The summed E-state index contributed by atoms with van der Waals surface area (Å²) in [5.74, 6) is 1.30. The highest BCUT2D eigenvalue weighted by Crippen LogP contribution is 2.15. The zero-order valence-corrected chi connectivity index (χ0v) is 14.4. The van der Waals surface area contributed by atoms with E-state index in [-0.39, 0.29) is 12.5 Å². The molecule has 3 rings (SSSR count). The standard InChI is InChI=1S/C17H20N6O2/c1-11(2)8-16-19-15(22-25-16)10-23(3)17(24)14-9-13(20-21-14)12-6-4-5-7-18-12/h4-7,9,11H,8,10H2,1-3H3,(H,20,21). The van der Waals surface area contributed by atoms with Gasteiger partial charge in [0.2, 0.25) is 5.89 Å². The van der Waals surface area contributed by atoms with Crippen LogP contribution in [0, 0.1) is 5.92 Å². The van der Waals surface area contributed by atoms with Crippen LogP contribution in [0.5, 0.6) is 0 Å². The maximum absolute atomic E-state index is 12.5. The summed E-state index contributed by atoms with van der Waals surface area (Å²) < 4.78 is 5.20. The number of hydrogen-bond donors (Lipinski definition) is 1. The summed E-state index contributed by atoms with van der Waals surface area (Å²) in [4.78, 5) is 22.6. The number of nitrogens with zero attached hydrogens (tertiary/aromatic N) is 5. The molecular weight excluding hydrogens is 320 g/mol. The lowest BCUT2D eigenvalue weighted by atomic mass is 10.1. The molecular formula is C17H20N6O2. The Bertz CT molecular complexity index is 840. The number of aromatic nitrogens is 5. The van der Waals surface area contributed by atoms with Crippen LogP contribution in [0.25, 0.3) is 11.4 Å². The van der Waals surface area contributed by atoms with Crippen LogP contribution in [0.1, 0.15) is 36.1 Å². The average Bonchev–Trinajstić information content (AvgIpc) is 3.24. The molecule has 0 saturated heterocycles. The molecule has 3 aromatic heterocycles. The maximum atomic E-state index is 12.5. The van der Waals surface area contributed by atoms with Crippen molar-refractivity contribution in [3.63, 3.8) is 0 Å². The van der Waals surface area contributed by atoms with Crippen molar-refractivity contribution in [2.75, 3.05) is 7.05 Å². The summed E-state index contributed by atoms with van der Waals surface area (Å²) in [5, 5.41) is 10.8. The molecule has 3 heterocycles. The van der Waals surface area contributed by atoms with Gasteiger partial charge < -0.3 is 9.42 Å². The molecule has 0 unspecified atom stereocenters. The normalized spacial score (nSPS) is 11.0. The van der Waals surface area contributed by atoms with Crippen LogP contribution < -0.4 is 0 Å². The van der Waals surface area contributed by atoms with E-state index in [1.807, 2.05) is 18.2 Å². The number of nitrogens with one attached hydrogen (secondary N) is 1. The second kappa shape index (κ2) is 7.25. The lowest BCUT2D eigenvalue weighted by Crippen LogP contribution is -2.27. The predicted molar refractivity (Wildman–Crippen MR) is 90.5 cm³/mol. The van der Waals surface area contributed by atoms with Gasteiger partial charge in [0, 0.05) is 19.7 Å². The minimum atomic E-state index is -0.204. The highest BCUT2D eigenvalue weighted by atomic mass is 16.5. The third-order valence-electron chi connectivity index (χ3n) is 3.55. The largest absolute Gasteiger partial charge is 0.339 e. The van der Waals surface area contributed by atoms with Crippen molar-refractivity contribution in [3.05, 3.63) is 47.9 Å². The van der Waals surface area contributed by atoms with Crippen LogP contribution in [0.4, 0.5) is 0 Å². The van der Waals surface area contributed by atoms with E-state index in [0.717, 1.165) is 6.42 Å². The van der Waals surface area contributed by atoms with Crippen LogP contribution in [0.15, 0.2) is 35.0 Å². The minimum Gasteiger partial charge on any atom is -0.339 e. The van der Waals surface area contributed by atoms with Crippen LogP contribution in [-0.4, -0.2) is 43.2 Å². The number of carbonyl (C=O) groups excluding carboxylic acids is 1. The van der Waals surface area contributed by atoms with Gasteiger partial charge in [0.25, 0.3) is 5.91 Å². The Balaban J connectivity index is 1.66. The number of hydrogen-bond acceptors (Lipinski definition) is 6. The third kappa shape index (κ3) is 4.09. The van der Waals surface area contributed by atoms with Crippen molar-refractivity contribution in [3.8, 4) is 11.4 Å². The Morgan fingerprint density at radius 2 is 2.16 bits per heavy atom. The molecule has 0 aliphatic carbocycles. The van der Waals surface area contributed by atoms with E-state index in [1.165, 1.54) is 4.90 Å². The highest BCUT2D eigenvalue weighted by molar-refractivity contribution is 5.93. The van der Waals surface area contributed by atoms with Gasteiger partial charge in [-0.3, -0.25) is 14.9 Å². The topological polar surface area (TPSA) is 101 Å². The van der Waals surface area contributed by atoms with Gasteiger partial charge in [0.05, 0.1) is 12.2 Å². The molecule has 8 nitrogen and oxygen atoms in total. The van der Waals surface area contributed by atoms with E-state index in [4.69, 9.17) is 4.52 Å². The van der Waals surface area contributed by atoms with Crippen molar-refractivity contribution >= 4 is 5.91 Å². The summed E-state index contributed by atoms with van der Waals surface area (Å²) in [6, 6.07) is 7.22. The Labute approximate surface area is 145 Å². The lowest BCUT2D eigenvalue weighted by molar-refractivity contribution is 0.0775. The molecule has 0 saturated carbocycles. The first kappa shape index (κ1) is 16.8. The van der Waals surface area contributed by atoms with Crippen LogP contribution in [0.3, 0.4) is 0 Å². The molecule has 1 amide bonds. The Morgan fingerprint density at radius 3 is 2.88 bits per heavy atom. The van der Waals surface area contributed by atoms with Crippen molar-refractivity contribution in [2.24, 2.45) is 5.92 Å². The fourth-order valence-electron chi connectivity index (χ4n) is 2.35. The molecule has 0 aliphatic heterocycles. The molecule has 8 heteroatoms.